The summed E-state index contributed by atoms with van der Waals surface area (Å²) in [6.45, 7) is 7.09. The fraction of sp³-hybridized carbons (Fsp3) is 0.222. The van der Waals surface area contributed by atoms with Crippen LogP contribution >= 0.6 is 11.3 Å². The third-order valence-corrected chi connectivity index (χ3v) is 8.44. The zero-order valence-corrected chi connectivity index (χ0v) is 27.2. The van der Waals surface area contributed by atoms with Gasteiger partial charge in [-0.05, 0) is 85.0 Å². The van der Waals surface area contributed by atoms with Crippen molar-refractivity contribution >= 4 is 34.5 Å². The molecule has 0 aliphatic carbocycles. The molecule has 6 rings (SSSR count). The Labute approximate surface area is 271 Å². The van der Waals surface area contributed by atoms with E-state index in [2.05, 4.69) is 30.0 Å². The molecule has 0 saturated heterocycles. The Balaban J connectivity index is 1.34. The Morgan fingerprint density at radius 2 is 1.70 bits per heavy atom. The van der Waals surface area contributed by atoms with Gasteiger partial charge in [0.05, 0.1) is 31.0 Å². The molecule has 0 atom stereocenters. The van der Waals surface area contributed by atoms with Crippen LogP contribution < -0.4 is 24.3 Å². The van der Waals surface area contributed by atoms with Gasteiger partial charge in [-0.3, -0.25) is 4.79 Å². The summed E-state index contributed by atoms with van der Waals surface area (Å²) >= 11 is 1.29. The summed E-state index contributed by atoms with van der Waals surface area (Å²) in [5, 5.41) is 9.41. The highest BCUT2D eigenvalue weighted by molar-refractivity contribution is 7.15. The first-order valence-corrected chi connectivity index (χ1v) is 15.8. The van der Waals surface area contributed by atoms with Crippen LogP contribution in [0.5, 0.6) is 17.2 Å². The summed E-state index contributed by atoms with van der Waals surface area (Å²) in [5.74, 6) is 3.15. The maximum absolute atomic E-state index is 13.5. The van der Waals surface area contributed by atoms with Gasteiger partial charge < -0.3 is 14.2 Å². The standard InChI is InChI=1S/C36H35N5O4S/c1-23(2)17-18-45-29-15-13-26(19-24(29)3)34-27(22-40(39-34)28-9-7-6-8-10-28)21-32-35(42)41-36(46-32)37-33(38-41)16-12-25-11-14-30(43-4)31(20-25)44-5/h6-16,19-23H,17-18H2,1-5H3/b16-12+,32-21-. The molecular formula is C36H35N5O4S. The highest BCUT2D eigenvalue weighted by Gasteiger charge is 2.15. The van der Waals surface area contributed by atoms with Crippen LogP contribution in [0.15, 0.2) is 77.7 Å². The summed E-state index contributed by atoms with van der Waals surface area (Å²) in [4.78, 5) is 18.6. The van der Waals surface area contributed by atoms with Crippen LogP contribution in [0.25, 0.3) is 40.1 Å². The number of nitrogens with zero attached hydrogens (tertiary/aromatic N) is 5. The third-order valence-electron chi connectivity index (χ3n) is 7.48. The number of hydrogen-bond acceptors (Lipinski definition) is 8. The van der Waals surface area contributed by atoms with Crippen molar-refractivity contribution in [1.82, 2.24) is 24.4 Å². The Morgan fingerprint density at radius 1 is 0.913 bits per heavy atom. The first kappa shape index (κ1) is 30.8. The number of fused-ring (bicyclic) bond motifs is 1. The van der Waals surface area contributed by atoms with Crippen LogP contribution in [-0.2, 0) is 0 Å². The maximum Gasteiger partial charge on any atom is 0.291 e. The summed E-state index contributed by atoms with van der Waals surface area (Å²) in [6.07, 6.45) is 8.44. The summed E-state index contributed by atoms with van der Waals surface area (Å²) in [6, 6.07) is 21.6. The molecule has 0 fully saturated rings. The topological polar surface area (TPSA) is 92.8 Å². The quantitative estimate of drug-likeness (QED) is 0.161. The van der Waals surface area contributed by atoms with Crippen LogP contribution in [0.4, 0.5) is 0 Å². The highest BCUT2D eigenvalue weighted by atomic mass is 32.1. The minimum Gasteiger partial charge on any atom is -0.493 e. The van der Waals surface area contributed by atoms with Crippen molar-refractivity contribution in [3.63, 3.8) is 0 Å². The Bertz CT molecular complexity index is 2130. The van der Waals surface area contributed by atoms with Crippen LogP contribution in [0.1, 0.15) is 42.8 Å². The van der Waals surface area contributed by atoms with Crippen molar-refractivity contribution in [2.75, 3.05) is 20.8 Å². The normalized spacial score (nSPS) is 12.1. The average Bonchev–Trinajstić information content (AvgIpc) is 3.75. The second kappa shape index (κ2) is 13.4. The molecule has 0 saturated carbocycles. The molecule has 46 heavy (non-hydrogen) atoms. The van der Waals surface area contributed by atoms with Gasteiger partial charge in [-0.25, -0.2) is 4.68 Å². The highest BCUT2D eigenvalue weighted by Crippen LogP contribution is 2.30. The Morgan fingerprint density at radius 3 is 2.41 bits per heavy atom. The molecule has 0 aliphatic heterocycles. The number of aromatic nitrogens is 5. The number of aryl methyl sites for hydroxylation is 1. The van der Waals surface area contributed by atoms with E-state index in [1.165, 1.54) is 15.9 Å². The van der Waals surface area contributed by atoms with Gasteiger partial charge in [-0.1, -0.05) is 55.5 Å². The van der Waals surface area contributed by atoms with Crippen LogP contribution in [-0.4, -0.2) is 45.2 Å². The SMILES string of the molecule is COc1ccc(/C=C/c2nc3s/c(=C\c4cn(-c5ccccc5)nc4-c4ccc(OCCC(C)C)c(C)c4)c(=O)n3n2)cc1OC. The fourth-order valence-electron chi connectivity index (χ4n) is 4.98. The van der Waals surface area contributed by atoms with E-state index in [0.717, 1.165) is 45.8 Å². The van der Waals surface area contributed by atoms with Gasteiger partial charge in [0.2, 0.25) is 4.96 Å². The van der Waals surface area contributed by atoms with Crippen molar-refractivity contribution in [2.24, 2.45) is 5.92 Å². The molecule has 0 radical (unpaired) electrons. The van der Waals surface area contributed by atoms with Crippen molar-refractivity contribution in [3.8, 4) is 34.2 Å². The monoisotopic (exact) mass is 633 g/mol. The van der Waals surface area contributed by atoms with Gasteiger partial charge in [0.1, 0.15) is 11.4 Å². The van der Waals surface area contributed by atoms with Gasteiger partial charge in [0, 0.05) is 17.3 Å². The maximum atomic E-state index is 13.5. The zero-order valence-electron chi connectivity index (χ0n) is 26.4. The predicted molar refractivity (Wildman–Crippen MR) is 183 cm³/mol. The lowest BCUT2D eigenvalue weighted by Crippen LogP contribution is -2.23. The molecule has 0 bridgehead atoms. The smallest absolute Gasteiger partial charge is 0.291 e. The van der Waals surface area contributed by atoms with Gasteiger partial charge in [-0.2, -0.15) is 14.6 Å². The van der Waals surface area contributed by atoms with Gasteiger partial charge in [0.25, 0.3) is 5.56 Å². The molecule has 0 spiro atoms. The second-order valence-corrected chi connectivity index (χ2v) is 12.3. The number of para-hydroxylation sites is 1. The summed E-state index contributed by atoms with van der Waals surface area (Å²) in [5.41, 5.74) is 5.11. The first-order valence-electron chi connectivity index (χ1n) is 15.0. The number of thiazole rings is 1. The zero-order chi connectivity index (χ0) is 32.2. The number of hydrogen-bond donors (Lipinski definition) is 0. The van der Waals surface area contributed by atoms with Crippen LogP contribution in [0.2, 0.25) is 0 Å². The van der Waals surface area contributed by atoms with E-state index >= 15 is 0 Å². The molecule has 3 heterocycles. The van der Waals surface area contributed by atoms with E-state index in [1.54, 1.807) is 20.3 Å². The summed E-state index contributed by atoms with van der Waals surface area (Å²) in [7, 11) is 3.19. The van der Waals surface area contributed by atoms with E-state index in [0.29, 0.717) is 39.3 Å². The first-order chi connectivity index (χ1) is 22.3. The largest absolute Gasteiger partial charge is 0.493 e. The fourth-order valence-corrected chi connectivity index (χ4v) is 5.89. The molecule has 0 amide bonds. The minimum absolute atomic E-state index is 0.234. The summed E-state index contributed by atoms with van der Waals surface area (Å²) < 4.78 is 20.4. The van der Waals surface area contributed by atoms with Gasteiger partial charge >= 0.3 is 0 Å². The lowest BCUT2D eigenvalue weighted by Gasteiger charge is -2.11. The lowest BCUT2D eigenvalue weighted by atomic mass is 10.0. The van der Waals surface area contributed by atoms with Crippen molar-refractivity contribution in [3.05, 3.63) is 110 Å². The number of rotatable bonds is 11. The van der Waals surface area contributed by atoms with E-state index < -0.39 is 0 Å². The molecule has 3 aromatic carbocycles. The Kier molecular flexibility index (Phi) is 8.98. The van der Waals surface area contributed by atoms with Crippen molar-refractivity contribution in [2.45, 2.75) is 27.2 Å². The molecule has 9 nitrogen and oxygen atoms in total. The number of benzene rings is 3. The minimum atomic E-state index is -0.234. The van der Waals surface area contributed by atoms with E-state index in [-0.39, 0.29) is 5.56 Å². The molecule has 0 aliphatic rings. The van der Waals surface area contributed by atoms with Crippen LogP contribution in [0.3, 0.4) is 0 Å². The number of methoxy groups -OCH3 is 2. The molecule has 10 heteroatoms. The van der Waals surface area contributed by atoms with Gasteiger partial charge in [0.15, 0.2) is 17.3 Å². The predicted octanol–water partition coefficient (Wildman–Crippen LogP) is 6.47. The van der Waals surface area contributed by atoms with Crippen molar-refractivity contribution in [1.29, 1.82) is 0 Å². The molecule has 3 aromatic heterocycles. The van der Waals surface area contributed by atoms with Crippen molar-refractivity contribution < 1.29 is 14.2 Å². The third kappa shape index (κ3) is 6.57. The van der Waals surface area contributed by atoms with E-state index in [4.69, 9.17) is 19.3 Å². The molecule has 0 unspecified atom stereocenters. The Hall–Kier alpha value is -5.22. The van der Waals surface area contributed by atoms with E-state index in [9.17, 15) is 4.79 Å². The average molecular weight is 634 g/mol. The number of ether oxygens (including phenoxy) is 3. The molecular weight excluding hydrogens is 598 g/mol. The lowest BCUT2D eigenvalue weighted by molar-refractivity contribution is 0.288. The van der Waals surface area contributed by atoms with E-state index in [1.807, 2.05) is 90.6 Å². The molecule has 0 N–H and O–H groups in total. The van der Waals surface area contributed by atoms with Crippen LogP contribution in [0, 0.1) is 12.8 Å². The molecule has 234 valence electrons. The van der Waals surface area contributed by atoms with Gasteiger partial charge in [-0.15, -0.1) is 5.10 Å². The molecule has 6 aromatic rings. The second-order valence-electron chi connectivity index (χ2n) is 11.3.